The number of carbonyl (C=O) groups excluding carboxylic acids is 1. The van der Waals surface area contributed by atoms with Crippen LogP contribution in [0.2, 0.25) is 0 Å². The topological polar surface area (TPSA) is 88.2 Å². The van der Waals surface area contributed by atoms with Crippen molar-refractivity contribution in [2.24, 2.45) is 0 Å². The fourth-order valence-corrected chi connectivity index (χ4v) is 5.27. The summed E-state index contributed by atoms with van der Waals surface area (Å²) in [6.45, 7) is 4.45. The zero-order valence-corrected chi connectivity index (χ0v) is 20.4. The molecule has 0 aliphatic carbocycles. The molecule has 1 heterocycles. The number of carbonyl (C=O) groups is 1. The summed E-state index contributed by atoms with van der Waals surface area (Å²) in [5.74, 6) is 1.14. The van der Waals surface area contributed by atoms with E-state index in [1.807, 2.05) is 29.2 Å². The van der Waals surface area contributed by atoms with Crippen LogP contribution >= 0.6 is 0 Å². The molecule has 1 saturated heterocycles. The first-order valence-corrected chi connectivity index (χ1v) is 12.6. The van der Waals surface area contributed by atoms with E-state index in [2.05, 4.69) is 12.2 Å². The number of hydrogen-bond donors (Lipinski definition) is 1. The molecule has 0 aromatic heterocycles. The molecule has 0 bridgehead atoms. The second kappa shape index (κ2) is 11.5. The van der Waals surface area contributed by atoms with Crippen LogP contribution in [0.1, 0.15) is 24.5 Å². The molecular weight excluding hydrogens is 442 g/mol. The molecule has 8 nitrogen and oxygen atoms in total. The van der Waals surface area contributed by atoms with Gasteiger partial charge in [0.1, 0.15) is 0 Å². The maximum Gasteiger partial charge on any atom is 0.243 e. The van der Waals surface area contributed by atoms with Gasteiger partial charge >= 0.3 is 0 Å². The van der Waals surface area contributed by atoms with Gasteiger partial charge in [-0.05, 0) is 41.8 Å². The third-order valence-electron chi connectivity index (χ3n) is 5.74. The molecule has 1 N–H and O–H groups in total. The molecule has 9 heteroatoms. The van der Waals surface area contributed by atoms with Gasteiger partial charge in [0.2, 0.25) is 15.9 Å². The van der Waals surface area contributed by atoms with Gasteiger partial charge in [-0.2, -0.15) is 4.31 Å². The van der Waals surface area contributed by atoms with E-state index in [0.29, 0.717) is 49.1 Å². The Hall–Kier alpha value is -2.62. The second-order valence-corrected chi connectivity index (χ2v) is 9.98. The molecule has 0 spiro atoms. The van der Waals surface area contributed by atoms with Crippen molar-refractivity contribution in [2.45, 2.75) is 31.2 Å². The molecule has 1 amide bonds. The Balaban J connectivity index is 1.48. The van der Waals surface area contributed by atoms with Crippen molar-refractivity contribution in [3.63, 3.8) is 0 Å². The Morgan fingerprint density at radius 1 is 0.939 bits per heavy atom. The van der Waals surface area contributed by atoms with Gasteiger partial charge in [-0.25, -0.2) is 8.42 Å². The summed E-state index contributed by atoms with van der Waals surface area (Å²) in [5, 5.41) is 2.91. The number of amides is 1. The molecule has 33 heavy (non-hydrogen) atoms. The summed E-state index contributed by atoms with van der Waals surface area (Å²) < 4.78 is 37.9. The van der Waals surface area contributed by atoms with E-state index >= 15 is 0 Å². The third kappa shape index (κ3) is 6.46. The van der Waals surface area contributed by atoms with Crippen molar-refractivity contribution in [2.75, 3.05) is 46.9 Å². The smallest absolute Gasteiger partial charge is 0.243 e. The van der Waals surface area contributed by atoms with E-state index in [-0.39, 0.29) is 12.5 Å². The average molecular weight is 476 g/mol. The van der Waals surface area contributed by atoms with Crippen molar-refractivity contribution in [1.82, 2.24) is 14.5 Å². The van der Waals surface area contributed by atoms with E-state index in [9.17, 15) is 13.2 Å². The third-order valence-corrected chi connectivity index (χ3v) is 7.65. The van der Waals surface area contributed by atoms with Gasteiger partial charge in [0, 0.05) is 32.7 Å². The van der Waals surface area contributed by atoms with Crippen LogP contribution in [0.25, 0.3) is 0 Å². The fourth-order valence-electron chi connectivity index (χ4n) is 3.84. The van der Waals surface area contributed by atoms with Gasteiger partial charge in [-0.15, -0.1) is 0 Å². The van der Waals surface area contributed by atoms with E-state index < -0.39 is 10.0 Å². The predicted octanol–water partition coefficient (Wildman–Crippen LogP) is 2.28. The molecule has 0 atom stereocenters. The van der Waals surface area contributed by atoms with Gasteiger partial charge in [0.05, 0.1) is 25.7 Å². The van der Waals surface area contributed by atoms with Crippen molar-refractivity contribution >= 4 is 15.9 Å². The van der Waals surface area contributed by atoms with Gasteiger partial charge in [0.15, 0.2) is 11.5 Å². The lowest BCUT2D eigenvalue weighted by atomic mass is 10.1. The zero-order valence-electron chi connectivity index (χ0n) is 19.5. The molecule has 1 fully saturated rings. The van der Waals surface area contributed by atoms with E-state index in [1.165, 1.54) is 4.31 Å². The summed E-state index contributed by atoms with van der Waals surface area (Å²) in [6, 6.07) is 12.7. The number of ether oxygens (including phenoxy) is 2. The summed E-state index contributed by atoms with van der Waals surface area (Å²) >= 11 is 0. The standard InChI is InChI=1S/C24H33N3O5S/c1-4-5-19-6-9-21(10-7-19)33(29,30)27-14-12-26(13-15-27)18-24(28)25-17-20-8-11-22(31-2)23(16-20)32-3/h6-11,16H,4-5,12-15,17-18H2,1-3H3,(H,25,28). The highest BCUT2D eigenvalue weighted by molar-refractivity contribution is 7.89. The second-order valence-electron chi connectivity index (χ2n) is 8.04. The normalized spacial score (nSPS) is 15.2. The lowest BCUT2D eigenvalue weighted by Gasteiger charge is -2.33. The largest absolute Gasteiger partial charge is 0.493 e. The van der Waals surface area contributed by atoms with Crippen LogP contribution in [-0.2, 0) is 27.8 Å². The Bertz CT molecular complexity index is 1030. The number of methoxy groups -OCH3 is 2. The summed E-state index contributed by atoms with van der Waals surface area (Å²) in [4.78, 5) is 14.7. The van der Waals surface area contributed by atoms with E-state index in [4.69, 9.17) is 9.47 Å². The van der Waals surface area contributed by atoms with Crippen molar-refractivity contribution in [3.05, 3.63) is 53.6 Å². The number of nitrogens with one attached hydrogen (secondary N) is 1. The van der Waals surface area contributed by atoms with Crippen LogP contribution in [0, 0.1) is 0 Å². The van der Waals surface area contributed by atoms with Crippen LogP contribution in [0.15, 0.2) is 47.4 Å². The predicted molar refractivity (Wildman–Crippen MR) is 127 cm³/mol. The summed E-state index contributed by atoms with van der Waals surface area (Å²) in [7, 11) is -0.372. The van der Waals surface area contributed by atoms with Crippen LogP contribution in [0.5, 0.6) is 11.5 Å². The highest BCUT2D eigenvalue weighted by Crippen LogP contribution is 2.27. The van der Waals surface area contributed by atoms with Crippen LogP contribution in [-0.4, -0.2) is 70.5 Å². The van der Waals surface area contributed by atoms with Crippen LogP contribution < -0.4 is 14.8 Å². The highest BCUT2D eigenvalue weighted by Gasteiger charge is 2.29. The Morgan fingerprint density at radius 2 is 1.58 bits per heavy atom. The monoisotopic (exact) mass is 475 g/mol. The molecule has 2 aromatic carbocycles. The first-order chi connectivity index (χ1) is 15.9. The van der Waals surface area contributed by atoms with Crippen LogP contribution in [0.4, 0.5) is 0 Å². The van der Waals surface area contributed by atoms with Crippen molar-refractivity contribution < 1.29 is 22.7 Å². The summed E-state index contributed by atoms with van der Waals surface area (Å²) in [6.07, 6.45) is 1.96. The first-order valence-electron chi connectivity index (χ1n) is 11.2. The van der Waals surface area contributed by atoms with Crippen LogP contribution in [0.3, 0.4) is 0 Å². The molecule has 0 saturated carbocycles. The van der Waals surface area contributed by atoms with E-state index in [0.717, 1.165) is 24.0 Å². The lowest BCUT2D eigenvalue weighted by Crippen LogP contribution is -2.50. The molecule has 1 aliphatic heterocycles. The van der Waals surface area contributed by atoms with Crippen molar-refractivity contribution in [1.29, 1.82) is 0 Å². The minimum Gasteiger partial charge on any atom is -0.493 e. The SMILES string of the molecule is CCCc1ccc(S(=O)(=O)N2CCN(CC(=O)NCc3ccc(OC)c(OC)c3)CC2)cc1. The van der Waals surface area contributed by atoms with Crippen molar-refractivity contribution in [3.8, 4) is 11.5 Å². The number of sulfonamides is 1. The van der Waals surface area contributed by atoms with E-state index in [1.54, 1.807) is 32.4 Å². The Labute approximate surface area is 196 Å². The number of hydrogen-bond acceptors (Lipinski definition) is 6. The number of nitrogens with zero attached hydrogens (tertiary/aromatic N) is 2. The lowest BCUT2D eigenvalue weighted by molar-refractivity contribution is -0.122. The Kier molecular flexibility index (Phi) is 8.71. The summed E-state index contributed by atoms with van der Waals surface area (Å²) in [5.41, 5.74) is 2.04. The highest BCUT2D eigenvalue weighted by atomic mass is 32.2. The van der Waals surface area contributed by atoms with Gasteiger partial charge in [-0.3, -0.25) is 9.69 Å². The molecule has 0 radical (unpaired) electrons. The molecule has 2 aromatic rings. The molecule has 180 valence electrons. The van der Waals surface area contributed by atoms with Gasteiger partial charge < -0.3 is 14.8 Å². The zero-order chi connectivity index (χ0) is 23.8. The minimum atomic E-state index is -3.52. The molecule has 3 rings (SSSR count). The van der Waals surface area contributed by atoms with Gasteiger partial charge in [-0.1, -0.05) is 31.5 Å². The molecule has 1 aliphatic rings. The molecular formula is C24H33N3O5S. The number of benzene rings is 2. The minimum absolute atomic E-state index is 0.104. The first kappa shape index (κ1) is 25.0. The van der Waals surface area contributed by atoms with Gasteiger partial charge in [0.25, 0.3) is 0 Å². The fraction of sp³-hybridized carbons (Fsp3) is 0.458. The average Bonchev–Trinajstić information content (AvgIpc) is 2.83. The quantitative estimate of drug-likeness (QED) is 0.567. The molecule has 0 unspecified atom stereocenters. The number of aryl methyl sites for hydroxylation is 1. The number of piperazine rings is 1. The maximum atomic E-state index is 13.0. The Morgan fingerprint density at radius 3 is 2.18 bits per heavy atom. The maximum absolute atomic E-state index is 13.0. The number of rotatable bonds is 10.